The van der Waals surface area contributed by atoms with Gasteiger partial charge in [0.15, 0.2) is 11.0 Å². The standard InChI is InChI=1S/C12H14N4O2S/c1-13-10(18)7-19-12-15-14-11(16(12)2)8-5-3-4-6-9(8)17/h3-6,17H,7H2,1-2H3,(H,13,18). The summed E-state index contributed by atoms with van der Waals surface area (Å²) < 4.78 is 1.75. The topological polar surface area (TPSA) is 80.0 Å². The summed E-state index contributed by atoms with van der Waals surface area (Å²) in [6, 6.07) is 6.94. The van der Waals surface area contributed by atoms with Gasteiger partial charge in [-0.2, -0.15) is 0 Å². The average Bonchev–Trinajstić information content (AvgIpc) is 2.78. The van der Waals surface area contributed by atoms with Crippen molar-refractivity contribution in [1.82, 2.24) is 20.1 Å². The molecule has 0 aliphatic rings. The molecule has 2 rings (SSSR count). The van der Waals surface area contributed by atoms with Crippen LogP contribution < -0.4 is 5.32 Å². The van der Waals surface area contributed by atoms with Crippen LogP contribution in [0.25, 0.3) is 11.4 Å². The number of nitrogens with one attached hydrogen (secondary N) is 1. The zero-order valence-corrected chi connectivity index (χ0v) is 11.4. The van der Waals surface area contributed by atoms with Crippen molar-refractivity contribution in [2.24, 2.45) is 7.05 Å². The Morgan fingerprint density at radius 3 is 2.84 bits per heavy atom. The first-order valence-corrected chi connectivity index (χ1v) is 6.63. The van der Waals surface area contributed by atoms with Gasteiger partial charge < -0.3 is 15.0 Å². The molecule has 0 radical (unpaired) electrons. The van der Waals surface area contributed by atoms with E-state index >= 15 is 0 Å². The molecule has 0 atom stereocenters. The number of para-hydroxylation sites is 1. The van der Waals surface area contributed by atoms with Crippen LogP contribution in [0.3, 0.4) is 0 Å². The maximum Gasteiger partial charge on any atom is 0.230 e. The fourth-order valence-corrected chi connectivity index (χ4v) is 2.32. The quantitative estimate of drug-likeness (QED) is 0.816. The van der Waals surface area contributed by atoms with Crippen LogP contribution in [0.1, 0.15) is 0 Å². The summed E-state index contributed by atoms with van der Waals surface area (Å²) >= 11 is 1.30. The molecular weight excluding hydrogens is 264 g/mol. The number of phenolic OH excluding ortho intramolecular Hbond substituents is 1. The van der Waals surface area contributed by atoms with E-state index in [1.807, 2.05) is 6.07 Å². The Labute approximate surface area is 114 Å². The number of aromatic nitrogens is 3. The number of carbonyl (C=O) groups excluding carboxylic acids is 1. The molecule has 0 aliphatic carbocycles. The monoisotopic (exact) mass is 278 g/mol. The largest absolute Gasteiger partial charge is 0.507 e. The Hall–Kier alpha value is -2.02. The lowest BCUT2D eigenvalue weighted by molar-refractivity contribution is -0.118. The highest BCUT2D eigenvalue weighted by atomic mass is 32.2. The maximum absolute atomic E-state index is 11.2. The Balaban J connectivity index is 2.24. The molecule has 0 aliphatic heterocycles. The fourth-order valence-electron chi connectivity index (χ4n) is 1.54. The van der Waals surface area contributed by atoms with Gasteiger partial charge in [0, 0.05) is 14.1 Å². The summed E-state index contributed by atoms with van der Waals surface area (Å²) in [6.07, 6.45) is 0. The first-order valence-electron chi connectivity index (χ1n) is 5.64. The van der Waals surface area contributed by atoms with Crippen molar-refractivity contribution in [1.29, 1.82) is 0 Å². The molecule has 7 heteroatoms. The molecule has 0 unspecified atom stereocenters. The van der Waals surface area contributed by atoms with Crippen molar-refractivity contribution in [2.75, 3.05) is 12.8 Å². The van der Waals surface area contributed by atoms with Gasteiger partial charge >= 0.3 is 0 Å². The smallest absolute Gasteiger partial charge is 0.230 e. The molecule has 0 spiro atoms. The van der Waals surface area contributed by atoms with Crippen LogP contribution in [0.5, 0.6) is 5.75 Å². The summed E-state index contributed by atoms with van der Waals surface area (Å²) in [7, 11) is 3.39. The first-order chi connectivity index (χ1) is 9.13. The molecule has 0 fully saturated rings. The highest BCUT2D eigenvalue weighted by molar-refractivity contribution is 7.99. The molecular formula is C12H14N4O2S. The molecule has 0 saturated carbocycles. The number of nitrogens with zero attached hydrogens (tertiary/aromatic N) is 3. The van der Waals surface area contributed by atoms with Crippen LogP contribution in [-0.2, 0) is 11.8 Å². The van der Waals surface area contributed by atoms with E-state index in [9.17, 15) is 9.90 Å². The number of benzene rings is 1. The van der Waals surface area contributed by atoms with Gasteiger partial charge in [0.1, 0.15) is 5.75 Å². The van der Waals surface area contributed by atoms with Crippen LogP contribution in [0.15, 0.2) is 29.4 Å². The normalized spacial score (nSPS) is 10.4. The van der Waals surface area contributed by atoms with Crippen molar-refractivity contribution >= 4 is 17.7 Å². The lowest BCUT2D eigenvalue weighted by Gasteiger charge is -2.05. The number of thioether (sulfide) groups is 1. The number of rotatable bonds is 4. The van der Waals surface area contributed by atoms with Crippen LogP contribution in [0, 0.1) is 0 Å². The minimum absolute atomic E-state index is 0.0721. The number of hydrogen-bond acceptors (Lipinski definition) is 5. The zero-order valence-electron chi connectivity index (χ0n) is 10.6. The van der Waals surface area contributed by atoms with Crippen LogP contribution >= 0.6 is 11.8 Å². The van der Waals surface area contributed by atoms with Crippen molar-refractivity contribution in [3.8, 4) is 17.1 Å². The van der Waals surface area contributed by atoms with Gasteiger partial charge in [-0.3, -0.25) is 4.79 Å². The van der Waals surface area contributed by atoms with E-state index in [4.69, 9.17) is 0 Å². The molecule has 100 valence electrons. The number of carbonyl (C=O) groups is 1. The van der Waals surface area contributed by atoms with Gasteiger partial charge in [-0.05, 0) is 12.1 Å². The molecule has 0 saturated heterocycles. The van der Waals surface area contributed by atoms with E-state index in [-0.39, 0.29) is 17.4 Å². The highest BCUT2D eigenvalue weighted by Gasteiger charge is 2.14. The van der Waals surface area contributed by atoms with Gasteiger partial charge in [-0.1, -0.05) is 23.9 Å². The Morgan fingerprint density at radius 1 is 1.42 bits per heavy atom. The zero-order chi connectivity index (χ0) is 13.8. The van der Waals surface area contributed by atoms with Gasteiger partial charge in [0.2, 0.25) is 5.91 Å². The molecule has 1 aromatic carbocycles. The van der Waals surface area contributed by atoms with Crippen molar-refractivity contribution in [3.05, 3.63) is 24.3 Å². The minimum Gasteiger partial charge on any atom is -0.507 e. The summed E-state index contributed by atoms with van der Waals surface area (Å²) in [6.45, 7) is 0. The second kappa shape index (κ2) is 5.75. The van der Waals surface area contributed by atoms with Gasteiger partial charge in [-0.25, -0.2) is 0 Å². The number of aromatic hydroxyl groups is 1. The molecule has 6 nitrogen and oxygen atoms in total. The summed E-state index contributed by atoms with van der Waals surface area (Å²) in [5.41, 5.74) is 0.615. The van der Waals surface area contributed by atoms with E-state index in [0.717, 1.165) is 0 Å². The third kappa shape index (κ3) is 2.87. The SMILES string of the molecule is CNC(=O)CSc1nnc(-c2ccccc2O)n1C. The van der Waals surface area contributed by atoms with Crippen LogP contribution in [-0.4, -0.2) is 38.6 Å². The molecule has 2 N–H and O–H groups in total. The molecule has 1 heterocycles. The summed E-state index contributed by atoms with van der Waals surface area (Å²) in [5, 5.41) is 21.0. The Bertz CT molecular complexity index is 597. The number of amides is 1. The average molecular weight is 278 g/mol. The predicted molar refractivity (Wildman–Crippen MR) is 72.9 cm³/mol. The predicted octanol–water partition coefficient (Wildman–Crippen LogP) is 1.03. The third-order valence-electron chi connectivity index (χ3n) is 2.59. The lowest BCUT2D eigenvalue weighted by atomic mass is 10.2. The number of phenols is 1. The summed E-state index contributed by atoms with van der Waals surface area (Å²) in [5.74, 6) is 0.930. The van der Waals surface area contributed by atoms with E-state index in [2.05, 4.69) is 15.5 Å². The maximum atomic E-state index is 11.2. The Morgan fingerprint density at radius 2 is 2.16 bits per heavy atom. The summed E-state index contributed by atoms with van der Waals surface area (Å²) in [4.78, 5) is 11.2. The van der Waals surface area contributed by atoms with Crippen LogP contribution in [0.2, 0.25) is 0 Å². The van der Waals surface area contributed by atoms with Crippen LogP contribution in [0.4, 0.5) is 0 Å². The third-order valence-corrected chi connectivity index (χ3v) is 3.61. The second-order valence-corrected chi connectivity index (χ2v) is 4.79. The lowest BCUT2D eigenvalue weighted by Crippen LogP contribution is -2.20. The van der Waals surface area contributed by atoms with Crippen molar-refractivity contribution < 1.29 is 9.90 Å². The Kier molecular flexibility index (Phi) is 4.06. The molecule has 2 aromatic rings. The van der Waals surface area contributed by atoms with E-state index in [0.29, 0.717) is 16.5 Å². The molecule has 1 aromatic heterocycles. The minimum atomic E-state index is -0.0721. The molecule has 19 heavy (non-hydrogen) atoms. The van der Waals surface area contributed by atoms with Gasteiger partial charge in [-0.15, -0.1) is 10.2 Å². The number of hydrogen-bond donors (Lipinski definition) is 2. The van der Waals surface area contributed by atoms with E-state index in [1.165, 1.54) is 11.8 Å². The highest BCUT2D eigenvalue weighted by Crippen LogP contribution is 2.28. The fraction of sp³-hybridized carbons (Fsp3) is 0.250. The van der Waals surface area contributed by atoms with Crippen molar-refractivity contribution in [2.45, 2.75) is 5.16 Å². The van der Waals surface area contributed by atoms with Crippen molar-refractivity contribution in [3.63, 3.8) is 0 Å². The van der Waals surface area contributed by atoms with E-state index in [1.54, 1.807) is 36.9 Å². The first kappa shape index (κ1) is 13.4. The second-order valence-electron chi connectivity index (χ2n) is 3.84. The molecule has 0 bridgehead atoms. The van der Waals surface area contributed by atoms with E-state index < -0.39 is 0 Å². The molecule has 1 amide bonds. The van der Waals surface area contributed by atoms with Gasteiger partial charge in [0.05, 0.1) is 11.3 Å². The van der Waals surface area contributed by atoms with Gasteiger partial charge in [0.25, 0.3) is 0 Å².